The molecule has 2 aromatic rings. The van der Waals surface area contributed by atoms with E-state index in [0.29, 0.717) is 0 Å². The molecule has 24 heavy (non-hydrogen) atoms. The summed E-state index contributed by atoms with van der Waals surface area (Å²) < 4.78 is 1.85. The van der Waals surface area contributed by atoms with Crippen LogP contribution in [-0.2, 0) is 25.3 Å². The first-order valence-corrected chi connectivity index (χ1v) is 9.46. The van der Waals surface area contributed by atoms with Crippen LogP contribution in [0.4, 0.5) is 0 Å². The van der Waals surface area contributed by atoms with Crippen LogP contribution in [0.15, 0.2) is 23.0 Å². The highest BCUT2D eigenvalue weighted by molar-refractivity contribution is 5.84. The van der Waals surface area contributed by atoms with E-state index < -0.39 is 0 Å². The Labute approximate surface area is 146 Å². The lowest BCUT2D eigenvalue weighted by molar-refractivity contribution is 0.591. The number of rotatable bonds is 6. The van der Waals surface area contributed by atoms with Crippen LogP contribution < -0.4 is 5.56 Å². The first-order valence-electron chi connectivity index (χ1n) is 9.46. The number of unbranched alkanes of at least 4 members (excludes halogenated alkanes) is 2. The molecule has 1 aromatic heterocycles. The number of aromatic nitrogens is 1. The lowest BCUT2D eigenvalue weighted by atomic mass is 9.85. The van der Waals surface area contributed by atoms with Gasteiger partial charge in [0.1, 0.15) is 0 Å². The predicted molar refractivity (Wildman–Crippen MR) is 105 cm³/mol. The third kappa shape index (κ3) is 3.74. The van der Waals surface area contributed by atoms with Gasteiger partial charge in [-0.3, -0.25) is 4.79 Å². The third-order valence-electron chi connectivity index (χ3n) is 5.04. The maximum atomic E-state index is 12.9. The van der Waals surface area contributed by atoms with Gasteiger partial charge in [0.2, 0.25) is 0 Å². The fourth-order valence-corrected chi connectivity index (χ4v) is 3.39. The van der Waals surface area contributed by atoms with Gasteiger partial charge < -0.3 is 4.57 Å². The molecule has 0 atom stereocenters. The van der Waals surface area contributed by atoms with E-state index in [1.807, 2.05) is 11.6 Å². The molecular weight excluding hydrogens is 294 g/mol. The number of nitrogens with zero attached hydrogens (tertiary/aromatic N) is 1. The van der Waals surface area contributed by atoms with E-state index in [1.165, 1.54) is 16.5 Å². The lowest BCUT2D eigenvalue weighted by Gasteiger charge is -2.22. The summed E-state index contributed by atoms with van der Waals surface area (Å²) in [5.41, 5.74) is 5.08. The standard InChI is InChI=1S/C22H33NO/c1-7-9-11-17-18(12-10-8-2)21(24)23(6)20-14-13-16(15-19(17)20)22(3,4)5/h13-15H,7-12H2,1-6H3. The molecule has 0 aliphatic carbocycles. The monoisotopic (exact) mass is 327 g/mol. The average Bonchev–Trinajstić information content (AvgIpc) is 2.54. The Kier molecular flexibility index (Phi) is 5.90. The average molecular weight is 328 g/mol. The Bertz CT molecular complexity index is 762. The molecule has 0 spiro atoms. The van der Waals surface area contributed by atoms with E-state index in [0.717, 1.165) is 49.6 Å². The van der Waals surface area contributed by atoms with Gasteiger partial charge >= 0.3 is 0 Å². The Hall–Kier alpha value is -1.57. The summed E-state index contributed by atoms with van der Waals surface area (Å²) in [4.78, 5) is 12.9. The summed E-state index contributed by atoms with van der Waals surface area (Å²) in [6.07, 6.45) is 6.41. The van der Waals surface area contributed by atoms with Gasteiger partial charge in [-0.15, -0.1) is 0 Å². The Morgan fingerprint density at radius 3 is 2.08 bits per heavy atom. The first kappa shape index (κ1) is 18.8. The van der Waals surface area contributed by atoms with Crippen molar-refractivity contribution < 1.29 is 0 Å². The largest absolute Gasteiger partial charge is 0.311 e. The van der Waals surface area contributed by atoms with Crippen LogP contribution in [0.2, 0.25) is 0 Å². The van der Waals surface area contributed by atoms with Crippen LogP contribution in [-0.4, -0.2) is 4.57 Å². The van der Waals surface area contributed by atoms with Crippen LogP contribution >= 0.6 is 0 Å². The van der Waals surface area contributed by atoms with Gasteiger partial charge in [-0.05, 0) is 54.4 Å². The number of benzene rings is 1. The van der Waals surface area contributed by atoms with Gasteiger partial charge in [0.25, 0.3) is 5.56 Å². The highest BCUT2D eigenvalue weighted by atomic mass is 16.1. The van der Waals surface area contributed by atoms with Crippen LogP contribution in [0.1, 0.15) is 77.0 Å². The Morgan fingerprint density at radius 1 is 0.958 bits per heavy atom. The van der Waals surface area contributed by atoms with Gasteiger partial charge in [0.15, 0.2) is 0 Å². The molecule has 2 rings (SSSR count). The highest BCUT2D eigenvalue weighted by Crippen LogP contribution is 2.29. The summed E-state index contributed by atoms with van der Waals surface area (Å²) in [7, 11) is 1.92. The zero-order valence-electron chi connectivity index (χ0n) is 16.3. The molecule has 0 N–H and O–H groups in total. The number of hydrogen-bond acceptors (Lipinski definition) is 1. The van der Waals surface area contributed by atoms with E-state index in [2.05, 4.69) is 52.8 Å². The van der Waals surface area contributed by atoms with Crippen molar-refractivity contribution in [1.29, 1.82) is 0 Å². The SMILES string of the molecule is CCCCc1c(CCCC)c2cc(C(C)(C)C)ccc2n(C)c1=O. The van der Waals surface area contributed by atoms with Crippen LogP contribution in [0.5, 0.6) is 0 Å². The maximum Gasteiger partial charge on any atom is 0.254 e. The topological polar surface area (TPSA) is 22.0 Å². The molecule has 0 aliphatic heterocycles. The second-order valence-corrected chi connectivity index (χ2v) is 8.01. The lowest BCUT2D eigenvalue weighted by Crippen LogP contribution is -2.24. The second kappa shape index (κ2) is 7.55. The van der Waals surface area contributed by atoms with E-state index >= 15 is 0 Å². The van der Waals surface area contributed by atoms with E-state index in [9.17, 15) is 4.79 Å². The zero-order valence-corrected chi connectivity index (χ0v) is 16.3. The Morgan fingerprint density at radius 2 is 1.54 bits per heavy atom. The molecule has 0 saturated carbocycles. The van der Waals surface area contributed by atoms with Crippen molar-refractivity contribution in [2.24, 2.45) is 7.05 Å². The molecule has 2 heteroatoms. The molecular formula is C22H33NO. The van der Waals surface area contributed by atoms with E-state index in [1.54, 1.807) is 0 Å². The fraction of sp³-hybridized carbons (Fsp3) is 0.591. The highest BCUT2D eigenvalue weighted by Gasteiger charge is 2.18. The summed E-state index contributed by atoms with van der Waals surface area (Å²) >= 11 is 0. The number of hydrogen-bond donors (Lipinski definition) is 0. The van der Waals surface area contributed by atoms with Gasteiger partial charge in [0.05, 0.1) is 5.52 Å². The van der Waals surface area contributed by atoms with E-state index in [-0.39, 0.29) is 11.0 Å². The smallest absolute Gasteiger partial charge is 0.254 e. The normalized spacial score (nSPS) is 12.1. The molecule has 0 aliphatic rings. The number of fused-ring (bicyclic) bond motifs is 1. The van der Waals surface area contributed by atoms with Crippen molar-refractivity contribution in [3.63, 3.8) is 0 Å². The van der Waals surface area contributed by atoms with Crippen molar-refractivity contribution >= 4 is 10.9 Å². The van der Waals surface area contributed by atoms with Crippen LogP contribution in [0.25, 0.3) is 10.9 Å². The minimum absolute atomic E-state index is 0.120. The van der Waals surface area contributed by atoms with Gasteiger partial charge in [-0.2, -0.15) is 0 Å². The molecule has 0 radical (unpaired) electrons. The van der Waals surface area contributed by atoms with Gasteiger partial charge in [0, 0.05) is 18.0 Å². The quantitative estimate of drug-likeness (QED) is 0.684. The fourth-order valence-electron chi connectivity index (χ4n) is 3.39. The molecule has 0 amide bonds. The van der Waals surface area contributed by atoms with Gasteiger partial charge in [-0.1, -0.05) is 53.5 Å². The van der Waals surface area contributed by atoms with Crippen molar-refractivity contribution in [1.82, 2.24) is 4.57 Å². The minimum atomic E-state index is 0.120. The third-order valence-corrected chi connectivity index (χ3v) is 5.04. The van der Waals surface area contributed by atoms with Crippen LogP contribution in [0.3, 0.4) is 0 Å². The summed E-state index contributed by atoms with van der Waals surface area (Å²) in [6, 6.07) is 6.64. The first-order chi connectivity index (χ1) is 11.3. The van der Waals surface area contributed by atoms with Crippen molar-refractivity contribution in [2.45, 2.75) is 78.6 Å². The van der Waals surface area contributed by atoms with E-state index in [4.69, 9.17) is 0 Å². The minimum Gasteiger partial charge on any atom is -0.311 e. The predicted octanol–water partition coefficient (Wildman–Crippen LogP) is 5.52. The molecule has 0 saturated heterocycles. The number of aryl methyl sites for hydroxylation is 2. The number of pyridine rings is 1. The Balaban J connectivity index is 2.77. The molecule has 0 unspecified atom stereocenters. The summed E-state index contributed by atoms with van der Waals surface area (Å²) in [6.45, 7) is 11.2. The van der Waals surface area contributed by atoms with Crippen molar-refractivity contribution in [2.75, 3.05) is 0 Å². The molecule has 0 fully saturated rings. The molecule has 0 bridgehead atoms. The summed E-state index contributed by atoms with van der Waals surface area (Å²) in [5.74, 6) is 0. The molecule has 2 nitrogen and oxygen atoms in total. The zero-order chi connectivity index (χ0) is 17.9. The summed E-state index contributed by atoms with van der Waals surface area (Å²) in [5, 5.41) is 1.28. The van der Waals surface area contributed by atoms with Crippen LogP contribution in [0, 0.1) is 0 Å². The second-order valence-electron chi connectivity index (χ2n) is 8.01. The molecule has 1 heterocycles. The van der Waals surface area contributed by atoms with Crippen molar-refractivity contribution in [3.05, 3.63) is 45.2 Å². The van der Waals surface area contributed by atoms with Crippen molar-refractivity contribution in [3.8, 4) is 0 Å². The molecule has 132 valence electrons. The maximum absolute atomic E-state index is 12.9. The molecule has 1 aromatic carbocycles. The van der Waals surface area contributed by atoms with Gasteiger partial charge in [-0.25, -0.2) is 0 Å².